The number of carbonyl (C=O) groups excluding carboxylic acids is 6. The Bertz CT molecular complexity index is 2340. The monoisotopic (exact) mass is 1020 g/mol. The molecule has 6 unspecified atom stereocenters. The Morgan fingerprint density at radius 1 is 0.438 bits per heavy atom. The largest absolute Gasteiger partial charge is 0.431 e. The number of hydrogen-bond donors (Lipinski definition) is 3. The number of likely N-dealkylation sites (tertiary alicyclic amines) is 2. The van der Waals surface area contributed by atoms with E-state index in [0.717, 1.165) is 62.9 Å². The molecule has 3 saturated heterocycles. The van der Waals surface area contributed by atoms with Gasteiger partial charge in [-0.1, -0.05) is 81.6 Å². The van der Waals surface area contributed by atoms with Crippen molar-refractivity contribution in [1.82, 2.24) is 44.5 Å². The number of rotatable bonds is 10. The summed E-state index contributed by atoms with van der Waals surface area (Å²) < 4.78 is 3.63. The fraction of sp³-hybridized carbons (Fsp3) is 0.833. The normalized spacial score (nSPS) is 30.9. The summed E-state index contributed by atoms with van der Waals surface area (Å²) in [5, 5.41) is 10.5. The number of hydroxylamine groups is 2. The van der Waals surface area contributed by atoms with Crippen LogP contribution in [0.2, 0.25) is 0 Å². The minimum Gasteiger partial charge on any atom is -0.335 e. The topological polar surface area (TPSA) is 223 Å². The first-order chi connectivity index (χ1) is 34.1. The molecule has 3 aliphatic heterocycles. The van der Waals surface area contributed by atoms with Crippen LogP contribution in [0.4, 0.5) is 14.4 Å². The van der Waals surface area contributed by atoms with Crippen LogP contribution in [-0.4, -0.2) is 102 Å². The Kier molecular flexibility index (Phi) is 16.6. The molecule has 6 fully saturated rings. The number of carbonyl (C=O) groups is 6. The van der Waals surface area contributed by atoms with E-state index in [9.17, 15) is 28.8 Å². The molecule has 0 radical (unpaired) electrons. The van der Waals surface area contributed by atoms with Gasteiger partial charge in [-0.05, 0) is 129 Å². The third-order valence-corrected chi connectivity index (χ3v) is 16.7. The number of nitrogens with one attached hydrogen (secondary N) is 3. The summed E-state index contributed by atoms with van der Waals surface area (Å²) in [6, 6.07) is -2.01. The van der Waals surface area contributed by atoms with Crippen molar-refractivity contribution in [3.8, 4) is 0 Å². The molecule has 19 nitrogen and oxygen atoms in total. The van der Waals surface area contributed by atoms with Crippen molar-refractivity contribution < 1.29 is 33.6 Å². The number of urea groups is 2. The maximum atomic E-state index is 15.2. The molecule has 73 heavy (non-hydrogen) atoms. The van der Waals surface area contributed by atoms with Crippen molar-refractivity contribution in [3.05, 3.63) is 31.5 Å². The van der Waals surface area contributed by atoms with Gasteiger partial charge in [-0.2, -0.15) is 5.06 Å². The summed E-state index contributed by atoms with van der Waals surface area (Å²) in [6.45, 7) is 19.5. The van der Waals surface area contributed by atoms with E-state index >= 15 is 14.4 Å². The highest BCUT2D eigenvalue weighted by Gasteiger charge is 2.47. The van der Waals surface area contributed by atoms with Gasteiger partial charge in [0, 0.05) is 70.1 Å². The zero-order valence-electron chi connectivity index (χ0n) is 45.6. The summed E-state index contributed by atoms with van der Waals surface area (Å²) in [7, 11) is 0. The van der Waals surface area contributed by atoms with Crippen LogP contribution in [0.1, 0.15) is 197 Å². The summed E-state index contributed by atoms with van der Waals surface area (Å²) in [5.74, 6) is -0.627. The van der Waals surface area contributed by atoms with Crippen LogP contribution in [0, 0.1) is 32.5 Å². The van der Waals surface area contributed by atoms with E-state index < -0.39 is 57.5 Å². The van der Waals surface area contributed by atoms with Gasteiger partial charge in [0.1, 0.15) is 0 Å². The third kappa shape index (κ3) is 14.1. The molecular formula is C54H87N9O10. The first kappa shape index (κ1) is 55.8. The predicted molar refractivity (Wildman–Crippen MR) is 275 cm³/mol. The first-order valence-electron chi connectivity index (χ1n) is 27.5. The Hall–Kier alpha value is -4.97. The predicted octanol–water partition coefficient (Wildman–Crippen LogP) is 7.19. The zero-order valence-corrected chi connectivity index (χ0v) is 45.6. The first-order valence-corrected chi connectivity index (χ1v) is 27.5. The average molecular weight is 1020 g/mol. The van der Waals surface area contributed by atoms with Gasteiger partial charge >= 0.3 is 35.2 Å². The minimum absolute atomic E-state index is 0.0401. The molecule has 3 aliphatic carbocycles. The second kappa shape index (κ2) is 21.7. The van der Waals surface area contributed by atoms with Gasteiger partial charge in [-0.15, -0.1) is 0 Å². The van der Waals surface area contributed by atoms with Gasteiger partial charge in [-0.25, -0.2) is 42.5 Å². The highest BCUT2D eigenvalue weighted by Crippen LogP contribution is 2.49. The van der Waals surface area contributed by atoms with Crippen molar-refractivity contribution in [2.45, 2.75) is 235 Å². The number of amides is 8. The van der Waals surface area contributed by atoms with E-state index in [1.54, 1.807) is 0 Å². The molecular weight excluding hydrogens is 935 g/mol. The molecule has 0 aromatic carbocycles. The summed E-state index contributed by atoms with van der Waals surface area (Å²) in [4.78, 5) is 133. The maximum absolute atomic E-state index is 15.2. The molecule has 0 spiro atoms. The second-order valence-electron chi connectivity index (χ2n) is 26.8. The van der Waals surface area contributed by atoms with E-state index in [4.69, 9.17) is 4.84 Å². The van der Waals surface area contributed by atoms with Gasteiger partial charge in [-0.3, -0.25) is 24.2 Å². The van der Waals surface area contributed by atoms with Crippen LogP contribution in [0.5, 0.6) is 0 Å². The van der Waals surface area contributed by atoms with Crippen molar-refractivity contribution in [2.75, 3.05) is 19.6 Å². The van der Waals surface area contributed by atoms with Crippen LogP contribution < -0.4 is 33.0 Å². The van der Waals surface area contributed by atoms with Crippen LogP contribution in [0.15, 0.2) is 14.4 Å². The molecule has 6 atom stereocenters. The molecule has 3 N–H and O–H groups in total. The van der Waals surface area contributed by atoms with Crippen LogP contribution in [-0.2, 0) is 38.9 Å². The Labute approximate surface area is 431 Å². The van der Waals surface area contributed by atoms with Crippen molar-refractivity contribution >= 4 is 35.9 Å². The number of aromatic nitrogens is 3. The van der Waals surface area contributed by atoms with E-state index in [2.05, 4.69) is 57.5 Å². The number of hydrogen-bond acceptors (Lipinski definition) is 10. The summed E-state index contributed by atoms with van der Waals surface area (Å²) in [5.41, 5.74) is -5.42. The molecule has 4 heterocycles. The highest BCUT2D eigenvalue weighted by atomic mass is 16.7. The average Bonchev–Trinajstić information content (AvgIpc) is 3.70. The van der Waals surface area contributed by atoms with Gasteiger partial charge in [0.05, 0.1) is 6.54 Å². The van der Waals surface area contributed by atoms with Crippen LogP contribution in [0.3, 0.4) is 0 Å². The van der Waals surface area contributed by atoms with E-state index in [-0.39, 0.29) is 65.7 Å². The Balaban J connectivity index is 1.22. The highest BCUT2D eigenvalue weighted by molar-refractivity contribution is 5.95. The summed E-state index contributed by atoms with van der Waals surface area (Å²) >= 11 is 0. The van der Waals surface area contributed by atoms with E-state index in [0.29, 0.717) is 96.7 Å². The van der Waals surface area contributed by atoms with Gasteiger partial charge in [0.15, 0.2) is 0 Å². The Morgan fingerprint density at radius 3 is 1.14 bits per heavy atom. The maximum Gasteiger partial charge on any atom is 0.431 e. The lowest BCUT2D eigenvalue weighted by molar-refractivity contribution is -0.165. The quantitative estimate of drug-likeness (QED) is 0.214. The molecule has 19 heteroatoms. The fourth-order valence-corrected chi connectivity index (χ4v) is 15.0. The number of imide groups is 2. The zero-order chi connectivity index (χ0) is 53.3. The van der Waals surface area contributed by atoms with Gasteiger partial charge in [0.2, 0.25) is 11.8 Å². The van der Waals surface area contributed by atoms with Gasteiger partial charge in [0.25, 0.3) is 5.91 Å². The van der Waals surface area contributed by atoms with Crippen molar-refractivity contribution in [1.29, 1.82) is 0 Å². The third-order valence-electron chi connectivity index (χ3n) is 16.7. The van der Waals surface area contributed by atoms with E-state index in [1.807, 2.05) is 20.8 Å². The lowest BCUT2D eigenvalue weighted by atomic mass is 9.62. The Morgan fingerprint density at radius 2 is 0.767 bits per heavy atom. The van der Waals surface area contributed by atoms with Crippen LogP contribution >= 0.6 is 0 Å². The van der Waals surface area contributed by atoms with Crippen molar-refractivity contribution in [2.24, 2.45) is 32.5 Å². The molecule has 408 valence electrons. The fourth-order valence-electron chi connectivity index (χ4n) is 15.0. The number of nitrogens with zero attached hydrogens (tertiary/aromatic N) is 6. The standard InChI is InChI=1S/C54H87N9O10/c1-49(2)25-37(55-43(67)58-22-16-10-13-19-40(58)64)28-52(7,31-49)34-60-46(70)61(35-53(8)29-38(26-50(3,4)32-53)56-44(68)59-23-17-11-14-20-41(59)65)48(72)62(47(60)71)36-54(9)30-39(27-51(5,6)33-54)57-45(69)73-63-24-18-12-15-21-42(63)66/h37-39H,10-36H2,1-9H3,(H,55,67)(H,56,68)(H,57,69). The molecule has 1 aromatic rings. The van der Waals surface area contributed by atoms with Crippen LogP contribution in [0.25, 0.3) is 0 Å². The van der Waals surface area contributed by atoms with E-state index in [1.165, 1.54) is 23.5 Å². The summed E-state index contributed by atoms with van der Waals surface area (Å²) in [6.07, 6.45) is 12.1. The molecule has 7 rings (SSSR count). The molecule has 1 aromatic heterocycles. The van der Waals surface area contributed by atoms with Gasteiger partial charge < -0.3 is 20.8 Å². The molecule has 8 amide bonds. The second-order valence-corrected chi connectivity index (χ2v) is 26.8. The lowest BCUT2D eigenvalue weighted by Crippen LogP contribution is -2.60. The molecule has 0 bridgehead atoms. The SMILES string of the molecule is CC1(C)CC(NC(=O)ON2CCCCCC2=O)CC(C)(Cn2c(=O)n(CC3(C)CC(NC(=O)N4CCCCCC4=O)CC(C)(C)C3)c(=O)n(CC3(C)CC(NC(=O)N4CCCCCC4=O)CC(C)(C)C3)c2=O)C1. The lowest BCUT2D eigenvalue weighted by Gasteiger charge is -2.48. The smallest absolute Gasteiger partial charge is 0.335 e. The molecule has 6 aliphatic rings. The molecule has 3 saturated carbocycles. The van der Waals surface area contributed by atoms with Crippen molar-refractivity contribution in [3.63, 3.8) is 0 Å². The minimum atomic E-state index is -0.741.